The molecule has 0 aliphatic carbocycles. The highest BCUT2D eigenvalue weighted by atomic mass is 32.1. The van der Waals surface area contributed by atoms with E-state index in [0.29, 0.717) is 15.3 Å². The molecule has 0 radical (unpaired) electrons. The molecule has 0 saturated carbocycles. The van der Waals surface area contributed by atoms with Gasteiger partial charge in [0.15, 0.2) is 5.13 Å². The van der Waals surface area contributed by atoms with E-state index in [4.69, 9.17) is 5.73 Å². The number of rotatable bonds is 4. The van der Waals surface area contributed by atoms with Crippen LogP contribution < -0.4 is 10.5 Å². The maximum absolute atomic E-state index is 11.9. The lowest BCUT2D eigenvalue weighted by Crippen LogP contribution is -2.27. The number of thiazole rings is 1. The molecule has 5 aromatic rings. The third kappa shape index (κ3) is 6.34. The Morgan fingerprint density at radius 1 is 1.08 bits per heavy atom. The Morgan fingerprint density at radius 2 is 1.90 bits per heavy atom. The van der Waals surface area contributed by atoms with Gasteiger partial charge in [-0.05, 0) is 68.8 Å². The Balaban J connectivity index is 0.000000177. The number of nitrogen functional groups attached to an aromatic ring is 1. The number of nitrogens with zero attached hydrogens (tertiary/aromatic N) is 4. The van der Waals surface area contributed by atoms with Crippen molar-refractivity contribution in [3.05, 3.63) is 82.8 Å². The van der Waals surface area contributed by atoms with Crippen LogP contribution >= 0.6 is 11.3 Å². The predicted octanol–water partition coefficient (Wildman–Crippen LogP) is 6.66. The molecule has 0 amide bonds. The van der Waals surface area contributed by atoms with E-state index in [1.54, 1.807) is 0 Å². The van der Waals surface area contributed by atoms with Gasteiger partial charge in [0.05, 0.1) is 10.2 Å². The second-order valence-electron chi connectivity index (χ2n) is 9.87. The van der Waals surface area contributed by atoms with Crippen molar-refractivity contribution in [2.24, 2.45) is 0 Å². The van der Waals surface area contributed by atoms with Crippen LogP contribution in [-0.2, 0) is 25.9 Å². The number of pyridine rings is 1. The fraction of sp³-hybridized carbons (Fsp3) is 0.310. The summed E-state index contributed by atoms with van der Waals surface area (Å²) in [6.45, 7) is 7.47. The Kier molecular flexibility index (Phi) is 7.51. The lowest BCUT2D eigenvalue weighted by molar-refractivity contribution is -0.274. The molecule has 2 aromatic carbocycles. The van der Waals surface area contributed by atoms with Crippen LogP contribution in [0.4, 0.5) is 18.3 Å². The third-order valence-corrected chi connectivity index (χ3v) is 7.65. The largest absolute Gasteiger partial charge is 0.573 e. The molecule has 0 spiro atoms. The van der Waals surface area contributed by atoms with Crippen molar-refractivity contribution < 1.29 is 17.9 Å². The van der Waals surface area contributed by atoms with Gasteiger partial charge in [-0.2, -0.15) is 0 Å². The molecule has 0 fully saturated rings. The molecule has 0 bridgehead atoms. The summed E-state index contributed by atoms with van der Waals surface area (Å²) in [5.41, 5.74) is 14.2. The van der Waals surface area contributed by atoms with Crippen molar-refractivity contribution in [3.8, 4) is 5.75 Å². The van der Waals surface area contributed by atoms with Gasteiger partial charge in [0.25, 0.3) is 0 Å². The van der Waals surface area contributed by atoms with Gasteiger partial charge in [0.1, 0.15) is 5.75 Å². The van der Waals surface area contributed by atoms with Gasteiger partial charge >= 0.3 is 6.36 Å². The Labute approximate surface area is 228 Å². The van der Waals surface area contributed by atoms with E-state index in [1.807, 2.05) is 13.1 Å². The molecule has 0 unspecified atom stereocenters. The summed E-state index contributed by atoms with van der Waals surface area (Å²) in [4.78, 5) is 10.8. The predicted molar refractivity (Wildman–Crippen MR) is 150 cm³/mol. The first-order chi connectivity index (χ1) is 18.6. The fourth-order valence-electron chi connectivity index (χ4n) is 4.96. The van der Waals surface area contributed by atoms with Gasteiger partial charge < -0.3 is 19.9 Å². The van der Waals surface area contributed by atoms with Crippen LogP contribution in [0.15, 0.2) is 54.7 Å². The molecule has 10 heteroatoms. The highest BCUT2D eigenvalue weighted by Crippen LogP contribution is 2.32. The summed E-state index contributed by atoms with van der Waals surface area (Å²) in [6, 6.07) is 15.1. The smallest absolute Gasteiger partial charge is 0.406 e. The summed E-state index contributed by atoms with van der Waals surface area (Å²) in [7, 11) is 2.22. The zero-order chi connectivity index (χ0) is 27.7. The molecule has 0 atom stereocenters. The van der Waals surface area contributed by atoms with Gasteiger partial charge in [0.2, 0.25) is 0 Å². The van der Waals surface area contributed by atoms with E-state index < -0.39 is 6.36 Å². The summed E-state index contributed by atoms with van der Waals surface area (Å²) in [6.07, 6.45) is -0.478. The summed E-state index contributed by atoms with van der Waals surface area (Å²) in [5.74, 6) is -0.265. The SMILES string of the molecule is Cc1ccc2c(c1)c1c(n2CCc2ccc(C)nc2)CCN(C)C1.Nc1nc2ccc(OC(F)(F)F)cc2s1. The molecule has 0 saturated heterocycles. The number of hydrogen-bond donors (Lipinski definition) is 1. The van der Waals surface area contributed by atoms with E-state index in [-0.39, 0.29) is 5.75 Å². The van der Waals surface area contributed by atoms with E-state index in [2.05, 4.69) is 68.5 Å². The molecular weight excluding hydrogens is 523 g/mol. The van der Waals surface area contributed by atoms with Crippen molar-refractivity contribution in [2.45, 2.75) is 46.1 Å². The average Bonchev–Trinajstić information content (AvgIpc) is 3.39. The van der Waals surface area contributed by atoms with Crippen molar-refractivity contribution in [1.82, 2.24) is 19.4 Å². The molecule has 2 N–H and O–H groups in total. The minimum Gasteiger partial charge on any atom is -0.406 e. The first-order valence-corrected chi connectivity index (χ1v) is 13.5. The van der Waals surface area contributed by atoms with Gasteiger partial charge in [-0.25, -0.2) is 4.98 Å². The molecule has 6 rings (SSSR count). The zero-order valence-electron chi connectivity index (χ0n) is 22.0. The first kappa shape index (κ1) is 27.0. The summed E-state index contributed by atoms with van der Waals surface area (Å²) in [5, 5.41) is 1.76. The van der Waals surface area contributed by atoms with Crippen LogP contribution in [0.2, 0.25) is 0 Å². The van der Waals surface area contributed by atoms with Crippen molar-refractivity contribution in [2.75, 3.05) is 19.3 Å². The number of hydrogen-bond acceptors (Lipinski definition) is 6. The van der Waals surface area contributed by atoms with E-state index in [9.17, 15) is 13.2 Å². The first-order valence-electron chi connectivity index (χ1n) is 12.7. The van der Waals surface area contributed by atoms with Gasteiger partial charge in [-0.15, -0.1) is 13.2 Å². The maximum atomic E-state index is 11.9. The Hall–Kier alpha value is -3.63. The van der Waals surface area contributed by atoms with E-state index >= 15 is 0 Å². The number of benzene rings is 2. The lowest BCUT2D eigenvalue weighted by Gasteiger charge is -2.24. The monoisotopic (exact) mass is 553 g/mol. The Morgan fingerprint density at radius 3 is 2.64 bits per heavy atom. The number of halogens is 3. The lowest BCUT2D eigenvalue weighted by atomic mass is 10.0. The quantitative estimate of drug-likeness (QED) is 0.270. The van der Waals surface area contributed by atoms with Crippen LogP contribution in [0.3, 0.4) is 0 Å². The van der Waals surface area contributed by atoms with Crippen molar-refractivity contribution in [1.29, 1.82) is 0 Å². The van der Waals surface area contributed by atoms with Crippen LogP contribution in [0.1, 0.15) is 28.1 Å². The van der Waals surface area contributed by atoms with Crippen molar-refractivity contribution in [3.63, 3.8) is 0 Å². The molecular formula is C29H30F3N5OS. The van der Waals surface area contributed by atoms with Crippen LogP contribution in [0.5, 0.6) is 5.75 Å². The highest BCUT2D eigenvalue weighted by molar-refractivity contribution is 7.22. The second kappa shape index (κ2) is 10.9. The third-order valence-electron chi connectivity index (χ3n) is 6.81. The topological polar surface area (TPSA) is 69.2 Å². The number of aromatic nitrogens is 3. The minimum atomic E-state index is -4.68. The van der Waals surface area contributed by atoms with Gasteiger partial charge in [-0.1, -0.05) is 29.0 Å². The standard InChI is InChI=1S/C21H25N3.C8H5F3N2OS/c1-15-4-7-20-18(12-15)19-14-23(3)10-9-21(19)24(20)11-8-17-6-5-16(2)22-13-17;9-8(10,11)14-4-1-2-5-6(3-4)15-7(12)13-5/h4-7,12-13H,8-11,14H2,1-3H3;1-3H,(H2,12,13). The molecule has 4 heterocycles. The molecule has 1 aliphatic heterocycles. The van der Waals surface area contributed by atoms with Crippen LogP contribution in [-0.4, -0.2) is 39.4 Å². The number of ether oxygens (including phenoxy) is 1. The van der Waals surface area contributed by atoms with Gasteiger partial charge in [-0.3, -0.25) is 4.98 Å². The molecule has 6 nitrogen and oxygen atoms in total. The van der Waals surface area contributed by atoms with E-state index in [1.165, 1.54) is 51.5 Å². The highest BCUT2D eigenvalue weighted by Gasteiger charge is 2.31. The number of alkyl halides is 3. The Bertz CT molecular complexity index is 1610. The van der Waals surface area contributed by atoms with Crippen molar-refractivity contribution >= 4 is 37.6 Å². The fourth-order valence-corrected chi connectivity index (χ4v) is 5.72. The summed E-state index contributed by atoms with van der Waals surface area (Å²) >= 11 is 1.11. The van der Waals surface area contributed by atoms with Gasteiger partial charge in [0, 0.05) is 60.6 Å². The maximum Gasteiger partial charge on any atom is 0.573 e. The summed E-state index contributed by atoms with van der Waals surface area (Å²) < 4.78 is 42.5. The molecule has 1 aliphatic rings. The molecule has 3 aromatic heterocycles. The average molecular weight is 554 g/mol. The van der Waals surface area contributed by atoms with E-state index in [0.717, 1.165) is 49.5 Å². The molecule has 204 valence electrons. The second-order valence-corrected chi connectivity index (χ2v) is 10.9. The van der Waals surface area contributed by atoms with Crippen LogP contribution in [0.25, 0.3) is 21.1 Å². The number of aryl methyl sites for hydroxylation is 4. The number of anilines is 1. The number of fused-ring (bicyclic) bond motifs is 4. The molecule has 39 heavy (non-hydrogen) atoms. The normalized spacial score (nSPS) is 13.8. The number of likely N-dealkylation sites (N-methyl/N-ethyl adjacent to an activating group) is 1. The zero-order valence-corrected chi connectivity index (χ0v) is 22.9. The van der Waals surface area contributed by atoms with Crippen LogP contribution in [0, 0.1) is 13.8 Å². The number of nitrogens with two attached hydrogens (primary N) is 1. The minimum absolute atomic E-state index is 0.265.